The number of benzene rings is 1. The highest BCUT2D eigenvalue weighted by molar-refractivity contribution is 6.32. The Morgan fingerprint density at radius 2 is 1.96 bits per heavy atom. The van der Waals surface area contributed by atoms with Gasteiger partial charge in [0.2, 0.25) is 0 Å². The van der Waals surface area contributed by atoms with Gasteiger partial charge in [0.05, 0.1) is 30.5 Å². The first-order valence-electron chi connectivity index (χ1n) is 7.03. The molecule has 0 bridgehead atoms. The summed E-state index contributed by atoms with van der Waals surface area (Å²) in [5.41, 5.74) is 2.92. The third-order valence-corrected chi connectivity index (χ3v) is 3.92. The quantitative estimate of drug-likeness (QED) is 0.619. The number of methoxy groups -OCH3 is 2. The van der Waals surface area contributed by atoms with Gasteiger partial charge in [-0.25, -0.2) is 0 Å². The second kappa shape index (κ2) is 6.87. The van der Waals surface area contributed by atoms with E-state index in [1.54, 1.807) is 22.9 Å². The van der Waals surface area contributed by atoms with E-state index >= 15 is 0 Å². The molecule has 0 radical (unpaired) electrons. The van der Waals surface area contributed by atoms with Gasteiger partial charge in [0.1, 0.15) is 0 Å². The Morgan fingerprint density at radius 1 is 1.26 bits per heavy atom. The molecular formula is C17H19ClN2O3. The number of hydrogen-bond acceptors (Lipinski definition) is 4. The molecule has 0 saturated heterocycles. The lowest BCUT2D eigenvalue weighted by molar-refractivity contribution is 0.104. The Bertz CT molecular complexity index is 779. The van der Waals surface area contributed by atoms with Crippen molar-refractivity contribution < 1.29 is 14.3 Å². The van der Waals surface area contributed by atoms with Crippen LogP contribution >= 0.6 is 11.6 Å². The maximum Gasteiger partial charge on any atom is 0.189 e. The molecule has 0 aliphatic rings. The average molecular weight is 335 g/mol. The second-order valence-corrected chi connectivity index (χ2v) is 5.51. The molecule has 0 amide bonds. The molecule has 1 heterocycles. The number of ether oxygens (including phenoxy) is 2. The number of allylic oxidation sites excluding steroid dienone is 1. The molecule has 2 aromatic rings. The van der Waals surface area contributed by atoms with E-state index in [9.17, 15) is 4.79 Å². The molecule has 6 heteroatoms. The lowest BCUT2D eigenvalue weighted by atomic mass is 10.1. The first-order chi connectivity index (χ1) is 10.9. The standard InChI is InChI=1S/C17H19ClN2O3/c1-10-16(11(2)20(3)19-10)14(21)7-6-12-8-13(18)17(23-5)15(9-12)22-4/h6-9H,1-5H3. The largest absolute Gasteiger partial charge is 0.493 e. The van der Waals surface area contributed by atoms with E-state index in [0.717, 1.165) is 11.3 Å². The third-order valence-electron chi connectivity index (χ3n) is 3.64. The van der Waals surface area contributed by atoms with Crippen LogP contribution < -0.4 is 9.47 Å². The van der Waals surface area contributed by atoms with Gasteiger partial charge >= 0.3 is 0 Å². The Morgan fingerprint density at radius 3 is 2.48 bits per heavy atom. The number of halogens is 1. The summed E-state index contributed by atoms with van der Waals surface area (Å²) in [6.45, 7) is 3.69. The Kier molecular flexibility index (Phi) is 5.11. The normalized spacial score (nSPS) is 11.0. The summed E-state index contributed by atoms with van der Waals surface area (Å²) in [5.74, 6) is 0.886. The topological polar surface area (TPSA) is 53.3 Å². The van der Waals surface area contributed by atoms with Crippen molar-refractivity contribution in [3.8, 4) is 11.5 Å². The fraction of sp³-hybridized carbons (Fsp3) is 0.294. The summed E-state index contributed by atoms with van der Waals surface area (Å²) in [6, 6.07) is 3.48. The van der Waals surface area contributed by atoms with Crippen LogP contribution in [-0.2, 0) is 7.05 Å². The molecule has 0 spiro atoms. The lowest BCUT2D eigenvalue weighted by Crippen LogP contribution is -1.99. The van der Waals surface area contributed by atoms with Gasteiger partial charge in [-0.2, -0.15) is 5.10 Å². The van der Waals surface area contributed by atoms with Gasteiger partial charge < -0.3 is 9.47 Å². The molecule has 1 aromatic heterocycles. The van der Waals surface area contributed by atoms with Gasteiger partial charge in [-0.15, -0.1) is 0 Å². The zero-order valence-corrected chi connectivity index (χ0v) is 14.6. The number of ketones is 1. The van der Waals surface area contributed by atoms with Gasteiger partial charge in [-0.1, -0.05) is 17.7 Å². The first kappa shape index (κ1) is 17.1. The smallest absolute Gasteiger partial charge is 0.189 e. The summed E-state index contributed by atoms with van der Waals surface area (Å²) < 4.78 is 12.1. The summed E-state index contributed by atoms with van der Waals surface area (Å²) >= 11 is 6.16. The Labute approximate surface area is 140 Å². The van der Waals surface area contributed by atoms with Crippen LogP contribution in [-0.4, -0.2) is 29.8 Å². The molecule has 23 heavy (non-hydrogen) atoms. The predicted molar refractivity (Wildman–Crippen MR) is 90.6 cm³/mol. The molecule has 122 valence electrons. The molecular weight excluding hydrogens is 316 g/mol. The van der Waals surface area contributed by atoms with E-state index < -0.39 is 0 Å². The Balaban J connectivity index is 2.33. The van der Waals surface area contributed by atoms with Crippen molar-refractivity contribution in [3.05, 3.63) is 45.7 Å². The molecule has 0 saturated carbocycles. The predicted octanol–water partition coefficient (Wildman–Crippen LogP) is 3.60. The van der Waals surface area contributed by atoms with Gasteiger partial charge in [0, 0.05) is 12.7 Å². The highest BCUT2D eigenvalue weighted by atomic mass is 35.5. The minimum absolute atomic E-state index is 0.0981. The van der Waals surface area contributed by atoms with Crippen molar-refractivity contribution in [2.75, 3.05) is 14.2 Å². The van der Waals surface area contributed by atoms with E-state index in [4.69, 9.17) is 21.1 Å². The number of hydrogen-bond donors (Lipinski definition) is 0. The van der Waals surface area contributed by atoms with Crippen molar-refractivity contribution >= 4 is 23.5 Å². The van der Waals surface area contributed by atoms with E-state index in [1.165, 1.54) is 20.3 Å². The third kappa shape index (κ3) is 3.40. The SMILES string of the molecule is COc1cc(C=CC(=O)c2c(C)nn(C)c2C)cc(Cl)c1OC. The molecule has 0 fully saturated rings. The highest BCUT2D eigenvalue weighted by Gasteiger charge is 2.15. The van der Waals surface area contributed by atoms with Crippen LogP contribution in [0.25, 0.3) is 6.08 Å². The molecule has 5 nitrogen and oxygen atoms in total. The monoisotopic (exact) mass is 334 g/mol. The second-order valence-electron chi connectivity index (χ2n) is 5.11. The van der Waals surface area contributed by atoms with Crippen LogP contribution in [0.3, 0.4) is 0 Å². The summed E-state index contributed by atoms with van der Waals surface area (Å²) in [5, 5.41) is 4.68. The molecule has 0 N–H and O–H groups in total. The molecule has 0 aliphatic carbocycles. The van der Waals surface area contributed by atoms with Crippen LogP contribution in [0.2, 0.25) is 5.02 Å². The minimum atomic E-state index is -0.0981. The summed E-state index contributed by atoms with van der Waals surface area (Å²) in [4.78, 5) is 12.4. The molecule has 1 aromatic carbocycles. The lowest BCUT2D eigenvalue weighted by Gasteiger charge is -2.10. The van der Waals surface area contributed by atoms with Crippen LogP contribution in [0.15, 0.2) is 18.2 Å². The minimum Gasteiger partial charge on any atom is -0.493 e. The van der Waals surface area contributed by atoms with Gasteiger partial charge in [-0.05, 0) is 37.6 Å². The fourth-order valence-corrected chi connectivity index (χ4v) is 2.72. The number of rotatable bonds is 5. The maximum atomic E-state index is 12.4. The zero-order chi connectivity index (χ0) is 17.1. The van der Waals surface area contributed by atoms with Crippen molar-refractivity contribution in [1.29, 1.82) is 0 Å². The van der Waals surface area contributed by atoms with Crippen LogP contribution in [0.4, 0.5) is 0 Å². The molecule has 0 unspecified atom stereocenters. The number of aryl methyl sites for hydroxylation is 2. The highest BCUT2D eigenvalue weighted by Crippen LogP contribution is 2.36. The van der Waals surface area contributed by atoms with Gasteiger partial charge in [0.25, 0.3) is 0 Å². The summed E-state index contributed by atoms with van der Waals surface area (Å²) in [6.07, 6.45) is 3.21. The van der Waals surface area contributed by atoms with Crippen molar-refractivity contribution in [2.45, 2.75) is 13.8 Å². The van der Waals surface area contributed by atoms with Crippen LogP contribution in [0.5, 0.6) is 11.5 Å². The molecule has 0 aliphatic heterocycles. The number of carbonyl (C=O) groups is 1. The number of nitrogens with zero attached hydrogens (tertiary/aromatic N) is 2. The van der Waals surface area contributed by atoms with Crippen LogP contribution in [0, 0.1) is 13.8 Å². The average Bonchev–Trinajstić information content (AvgIpc) is 2.77. The van der Waals surface area contributed by atoms with Gasteiger partial charge in [-0.3, -0.25) is 9.48 Å². The fourth-order valence-electron chi connectivity index (χ4n) is 2.42. The first-order valence-corrected chi connectivity index (χ1v) is 7.41. The van der Waals surface area contributed by atoms with E-state index in [-0.39, 0.29) is 5.78 Å². The van der Waals surface area contributed by atoms with Crippen molar-refractivity contribution in [1.82, 2.24) is 9.78 Å². The molecule has 0 atom stereocenters. The molecule has 2 rings (SSSR count). The number of aromatic nitrogens is 2. The van der Waals surface area contributed by atoms with Crippen LogP contribution in [0.1, 0.15) is 27.3 Å². The van der Waals surface area contributed by atoms with E-state index in [0.29, 0.717) is 27.8 Å². The van der Waals surface area contributed by atoms with E-state index in [1.807, 2.05) is 20.9 Å². The number of carbonyl (C=O) groups excluding carboxylic acids is 1. The van der Waals surface area contributed by atoms with Crippen molar-refractivity contribution in [2.24, 2.45) is 7.05 Å². The van der Waals surface area contributed by atoms with Gasteiger partial charge in [0.15, 0.2) is 17.3 Å². The van der Waals surface area contributed by atoms with E-state index in [2.05, 4.69) is 5.10 Å². The van der Waals surface area contributed by atoms with Crippen molar-refractivity contribution in [3.63, 3.8) is 0 Å². The zero-order valence-electron chi connectivity index (χ0n) is 13.8. The summed E-state index contributed by atoms with van der Waals surface area (Å²) in [7, 11) is 4.88. The Hall–Kier alpha value is -2.27. The maximum absolute atomic E-state index is 12.4.